The molecule has 0 bridgehead atoms. The number of hydrogen-bond acceptors (Lipinski definition) is 5. The summed E-state index contributed by atoms with van der Waals surface area (Å²) < 4.78 is 1.75. The molecule has 27 heavy (non-hydrogen) atoms. The Morgan fingerprint density at radius 2 is 1.81 bits per heavy atom. The van der Waals surface area contributed by atoms with E-state index in [1.165, 1.54) is 12.8 Å². The molecule has 1 amide bonds. The molecule has 1 N–H and O–H groups in total. The molecule has 0 saturated carbocycles. The molecule has 0 aliphatic carbocycles. The smallest absolute Gasteiger partial charge is 0.275 e. The number of hydrogen-bond donors (Lipinski definition) is 1. The topological polar surface area (TPSA) is 75.9 Å². The van der Waals surface area contributed by atoms with Crippen LogP contribution in [0.3, 0.4) is 0 Å². The zero-order chi connectivity index (χ0) is 18.6. The van der Waals surface area contributed by atoms with E-state index in [-0.39, 0.29) is 5.91 Å². The molecule has 0 unspecified atom stereocenters. The van der Waals surface area contributed by atoms with Gasteiger partial charge in [0.15, 0.2) is 0 Å². The molecule has 0 spiro atoms. The zero-order valence-electron chi connectivity index (χ0n) is 15.2. The van der Waals surface area contributed by atoms with Crippen molar-refractivity contribution in [2.75, 3.05) is 23.3 Å². The monoisotopic (exact) mass is 362 g/mol. The maximum atomic E-state index is 12.4. The number of carbonyl (C=O) groups is 1. The number of nitrogens with one attached hydrogen (secondary N) is 1. The van der Waals surface area contributed by atoms with E-state index in [9.17, 15) is 4.79 Å². The van der Waals surface area contributed by atoms with Crippen molar-refractivity contribution in [2.24, 2.45) is 5.92 Å². The summed E-state index contributed by atoms with van der Waals surface area (Å²) in [5.41, 5.74) is 1.08. The predicted molar refractivity (Wildman–Crippen MR) is 104 cm³/mol. The van der Waals surface area contributed by atoms with Gasteiger partial charge in [-0.2, -0.15) is 0 Å². The van der Waals surface area contributed by atoms with E-state index in [2.05, 4.69) is 32.1 Å². The highest BCUT2D eigenvalue weighted by molar-refractivity contribution is 6.02. The number of para-hydroxylation sites is 1. The minimum Gasteiger partial charge on any atom is -0.356 e. The van der Waals surface area contributed by atoms with Gasteiger partial charge in [-0.1, -0.05) is 25.1 Å². The maximum Gasteiger partial charge on any atom is 0.275 e. The van der Waals surface area contributed by atoms with Crippen LogP contribution in [0.5, 0.6) is 0 Å². The van der Waals surface area contributed by atoms with Crippen molar-refractivity contribution in [3.05, 3.63) is 60.9 Å². The molecule has 2 aromatic heterocycles. The van der Waals surface area contributed by atoms with Gasteiger partial charge in [0.1, 0.15) is 30.0 Å². The molecule has 3 aromatic rings. The normalized spacial score (nSPS) is 14.9. The number of nitrogens with zero attached hydrogens (tertiary/aromatic N) is 5. The second-order valence-electron chi connectivity index (χ2n) is 6.89. The van der Waals surface area contributed by atoms with Crippen LogP contribution in [0.25, 0.3) is 5.82 Å². The Hall–Kier alpha value is -3.22. The fourth-order valence-corrected chi connectivity index (χ4v) is 3.17. The zero-order valence-corrected chi connectivity index (χ0v) is 15.2. The minimum absolute atomic E-state index is 0.251. The molecule has 7 heteroatoms. The predicted octanol–water partition coefficient (Wildman–Crippen LogP) is 3.15. The largest absolute Gasteiger partial charge is 0.356 e. The Morgan fingerprint density at radius 1 is 1.07 bits per heavy atom. The first-order valence-electron chi connectivity index (χ1n) is 9.17. The van der Waals surface area contributed by atoms with Gasteiger partial charge in [-0.05, 0) is 30.9 Å². The van der Waals surface area contributed by atoms with Crippen molar-refractivity contribution in [3.8, 4) is 5.82 Å². The van der Waals surface area contributed by atoms with Crippen LogP contribution in [0.2, 0.25) is 0 Å². The Bertz CT molecular complexity index is 915. The lowest BCUT2D eigenvalue weighted by Crippen LogP contribution is -2.33. The lowest BCUT2D eigenvalue weighted by molar-refractivity contribution is 0.102. The summed E-state index contributed by atoms with van der Waals surface area (Å²) in [6.45, 7) is 4.30. The van der Waals surface area contributed by atoms with Gasteiger partial charge >= 0.3 is 0 Å². The van der Waals surface area contributed by atoms with E-state index >= 15 is 0 Å². The molecule has 7 nitrogen and oxygen atoms in total. The van der Waals surface area contributed by atoms with E-state index in [0.717, 1.165) is 30.5 Å². The number of rotatable bonds is 4. The second kappa shape index (κ2) is 7.57. The third kappa shape index (κ3) is 3.97. The van der Waals surface area contributed by atoms with Crippen LogP contribution in [-0.2, 0) is 0 Å². The Balaban J connectivity index is 1.50. The summed E-state index contributed by atoms with van der Waals surface area (Å²) in [7, 11) is 0. The molecule has 4 rings (SSSR count). The highest BCUT2D eigenvalue weighted by Gasteiger charge is 2.18. The molecule has 3 heterocycles. The minimum atomic E-state index is -0.251. The number of carbonyl (C=O) groups excluding carboxylic acids is 1. The van der Waals surface area contributed by atoms with E-state index in [1.807, 2.05) is 36.4 Å². The summed E-state index contributed by atoms with van der Waals surface area (Å²) in [4.78, 5) is 27.6. The van der Waals surface area contributed by atoms with E-state index in [1.54, 1.807) is 23.4 Å². The van der Waals surface area contributed by atoms with Crippen LogP contribution in [0.15, 0.2) is 55.2 Å². The summed E-state index contributed by atoms with van der Waals surface area (Å²) in [6, 6.07) is 11.3. The van der Waals surface area contributed by atoms with Crippen LogP contribution in [0, 0.1) is 5.92 Å². The van der Waals surface area contributed by atoms with Crippen LogP contribution in [-0.4, -0.2) is 38.5 Å². The number of aromatic nitrogens is 4. The average Bonchev–Trinajstić information content (AvgIpc) is 3.20. The van der Waals surface area contributed by atoms with Crippen molar-refractivity contribution in [2.45, 2.75) is 19.8 Å². The van der Waals surface area contributed by atoms with Crippen molar-refractivity contribution in [3.63, 3.8) is 0 Å². The van der Waals surface area contributed by atoms with Crippen LogP contribution in [0.4, 0.5) is 11.5 Å². The number of imidazole rings is 1. The fraction of sp³-hybridized carbons (Fsp3) is 0.300. The molecular formula is C20H22N6O. The van der Waals surface area contributed by atoms with Gasteiger partial charge in [-0.3, -0.25) is 9.36 Å². The van der Waals surface area contributed by atoms with E-state index in [0.29, 0.717) is 11.5 Å². The Morgan fingerprint density at radius 3 is 2.59 bits per heavy atom. The van der Waals surface area contributed by atoms with Crippen molar-refractivity contribution in [1.29, 1.82) is 0 Å². The van der Waals surface area contributed by atoms with Crippen molar-refractivity contribution >= 4 is 17.4 Å². The van der Waals surface area contributed by atoms with Gasteiger partial charge < -0.3 is 10.2 Å². The number of piperidine rings is 1. The molecule has 1 saturated heterocycles. The fourth-order valence-electron chi connectivity index (χ4n) is 3.17. The second-order valence-corrected chi connectivity index (χ2v) is 6.89. The van der Waals surface area contributed by atoms with Crippen molar-refractivity contribution < 1.29 is 4.79 Å². The summed E-state index contributed by atoms with van der Waals surface area (Å²) in [5.74, 6) is 2.13. The van der Waals surface area contributed by atoms with E-state index < -0.39 is 0 Å². The number of benzene rings is 1. The SMILES string of the molecule is CC1CCN(c2cc(-n3cnc(C(=O)Nc4ccccc4)c3)ncn2)CC1. The van der Waals surface area contributed by atoms with E-state index in [4.69, 9.17) is 0 Å². The summed E-state index contributed by atoms with van der Waals surface area (Å²) in [5, 5.41) is 2.83. The Kier molecular flexibility index (Phi) is 4.82. The van der Waals surface area contributed by atoms with Gasteiger partial charge in [-0.15, -0.1) is 0 Å². The number of anilines is 2. The lowest BCUT2D eigenvalue weighted by atomic mass is 9.99. The first-order valence-corrected chi connectivity index (χ1v) is 9.17. The molecule has 138 valence electrons. The molecule has 1 aliphatic rings. The van der Waals surface area contributed by atoms with Gasteiger partial charge in [0.25, 0.3) is 5.91 Å². The highest BCUT2D eigenvalue weighted by atomic mass is 16.1. The van der Waals surface area contributed by atoms with Gasteiger partial charge in [-0.25, -0.2) is 15.0 Å². The molecule has 0 atom stereocenters. The quantitative estimate of drug-likeness (QED) is 0.772. The molecule has 1 aliphatic heterocycles. The average molecular weight is 362 g/mol. The van der Waals surface area contributed by atoms with Gasteiger partial charge in [0.2, 0.25) is 0 Å². The van der Waals surface area contributed by atoms with Crippen LogP contribution in [0.1, 0.15) is 30.3 Å². The first-order chi connectivity index (χ1) is 13.2. The number of amides is 1. The molecule has 1 fully saturated rings. The molecular weight excluding hydrogens is 340 g/mol. The molecule has 1 aromatic carbocycles. The standard InChI is InChI=1S/C20H22N6O/c1-15-7-9-25(10-8-15)18-11-19(22-13-21-18)26-12-17(23-14-26)20(27)24-16-5-3-2-4-6-16/h2-6,11-15H,7-10H2,1H3,(H,24,27). The van der Waals surface area contributed by atoms with Crippen molar-refractivity contribution in [1.82, 2.24) is 19.5 Å². The highest BCUT2D eigenvalue weighted by Crippen LogP contribution is 2.22. The van der Waals surface area contributed by atoms with Gasteiger partial charge in [0, 0.05) is 31.0 Å². The third-order valence-corrected chi connectivity index (χ3v) is 4.86. The molecule has 0 radical (unpaired) electrons. The van der Waals surface area contributed by atoms with Crippen LogP contribution >= 0.6 is 0 Å². The maximum absolute atomic E-state index is 12.4. The lowest BCUT2D eigenvalue weighted by Gasteiger charge is -2.31. The van der Waals surface area contributed by atoms with Crippen LogP contribution < -0.4 is 10.2 Å². The first kappa shape index (κ1) is 17.2. The Labute approximate surface area is 158 Å². The summed E-state index contributed by atoms with van der Waals surface area (Å²) in [6.07, 6.45) is 7.20. The third-order valence-electron chi connectivity index (χ3n) is 4.86. The summed E-state index contributed by atoms with van der Waals surface area (Å²) >= 11 is 0. The van der Waals surface area contributed by atoms with Gasteiger partial charge in [0.05, 0.1) is 0 Å².